The van der Waals surface area contributed by atoms with E-state index in [1.165, 1.54) is 37.4 Å². The quantitative estimate of drug-likeness (QED) is 0.343. The predicted octanol–water partition coefficient (Wildman–Crippen LogP) is 3.51. The van der Waals surface area contributed by atoms with Gasteiger partial charge in [0.2, 0.25) is 0 Å². The number of carbonyl (C=O) groups is 2. The molecule has 0 unspecified atom stereocenters. The number of nitriles is 1. The standard InChI is InChI=1S/C23H16ClF4N9O2/c1-11-6-12(9-29)7-14(20(38)30-2)18(11)31-21(39)17-8-13(10-36-34-22(32-35-36)23(26,27)28)33-37(17)19-15(24)4-3-5-16(19)25/h3-8H,10H2,1-2H3,(H,30,38)(H,31,39). The second kappa shape index (κ2) is 10.5. The molecule has 0 spiro atoms. The topological polar surface area (TPSA) is 143 Å². The normalized spacial score (nSPS) is 11.2. The second-order valence-electron chi connectivity index (χ2n) is 8.00. The van der Waals surface area contributed by atoms with Gasteiger partial charge in [0, 0.05) is 7.05 Å². The average Bonchev–Trinajstić information content (AvgIpc) is 3.52. The monoisotopic (exact) mass is 561 g/mol. The number of benzene rings is 2. The summed E-state index contributed by atoms with van der Waals surface area (Å²) >= 11 is 6.19. The molecule has 0 aliphatic rings. The van der Waals surface area contributed by atoms with Crippen LogP contribution in [0.15, 0.2) is 36.4 Å². The SMILES string of the molecule is CNC(=O)c1cc(C#N)cc(C)c1NC(=O)c1cc(Cn2nnc(C(F)(F)F)n2)nn1-c1c(F)cccc1Cl. The van der Waals surface area contributed by atoms with Crippen LogP contribution in [0, 0.1) is 24.1 Å². The van der Waals surface area contributed by atoms with Crippen LogP contribution in [-0.2, 0) is 12.7 Å². The van der Waals surface area contributed by atoms with E-state index in [4.69, 9.17) is 11.6 Å². The van der Waals surface area contributed by atoms with Crippen molar-refractivity contribution in [2.75, 3.05) is 12.4 Å². The molecule has 4 aromatic rings. The van der Waals surface area contributed by atoms with E-state index in [-0.39, 0.29) is 38.9 Å². The van der Waals surface area contributed by atoms with Gasteiger partial charge < -0.3 is 10.6 Å². The van der Waals surface area contributed by atoms with Gasteiger partial charge in [-0.2, -0.15) is 28.3 Å². The van der Waals surface area contributed by atoms with Crippen molar-refractivity contribution in [3.05, 3.63) is 81.1 Å². The highest BCUT2D eigenvalue weighted by atomic mass is 35.5. The molecule has 2 amide bonds. The maximum atomic E-state index is 14.8. The van der Waals surface area contributed by atoms with Crippen LogP contribution in [0.3, 0.4) is 0 Å². The van der Waals surface area contributed by atoms with Crippen molar-refractivity contribution in [1.82, 2.24) is 35.3 Å². The van der Waals surface area contributed by atoms with Crippen LogP contribution < -0.4 is 10.6 Å². The average molecular weight is 562 g/mol. The van der Waals surface area contributed by atoms with Gasteiger partial charge in [0.05, 0.1) is 33.6 Å². The number of aromatic nitrogens is 6. The molecule has 16 heteroatoms. The molecule has 39 heavy (non-hydrogen) atoms. The third-order valence-electron chi connectivity index (χ3n) is 5.33. The van der Waals surface area contributed by atoms with Crippen LogP contribution in [0.25, 0.3) is 5.69 Å². The van der Waals surface area contributed by atoms with E-state index >= 15 is 0 Å². The van der Waals surface area contributed by atoms with Crippen molar-refractivity contribution in [1.29, 1.82) is 5.26 Å². The first-order valence-electron chi connectivity index (χ1n) is 10.9. The van der Waals surface area contributed by atoms with E-state index in [0.29, 0.717) is 10.4 Å². The summed E-state index contributed by atoms with van der Waals surface area (Å²) in [4.78, 5) is 26.5. The molecule has 0 fully saturated rings. The van der Waals surface area contributed by atoms with Gasteiger partial charge in [-0.3, -0.25) is 9.59 Å². The van der Waals surface area contributed by atoms with Crippen molar-refractivity contribution < 1.29 is 27.2 Å². The summed E-state index contributed by atoms with van der Waals surface area (Å²) in [6, 6.07) is 9.60. The zero-order valence-electron chi connectivity index (χ0n) is 20.0. The van der Waals surface area contributed by atoms with E-state index in [9.17, 15) is 32.4 Å². The summed E-state index contributed by atoms with van der Waals surface area (Å²) in [7, 11) is 1.37. The Hall–Kier alpha value is -4.84. The van der Waals surface area contributed by atoms with Crippen LogP contribution in [0.4, 0.5) is 23.2 Å². The van der Waals surface area contributed by atoms with Gasteiger partial charge in [0.15, 0.2) is 0 Å². The number of amides is 2. The molecule has 0 radical (unpaired) electrons. The minimum Gasteiger partial charge on any atom is -0.355 e. The highest BCUT2D eigenvalue weighted by molar-refractivity contribution is 6.32. The highest BCUT2D eigenvalue weighted by Gasteiger charge is 2.37. The molecule has 0 saturated carbocycles. The zero-order chi connectivity index (χ0) is 28.5. The Morgan fingerprint density at radius 1 is 1.15 bits per heavy atom. The first-order chi connectivity index (χ1) is 18.4. The minimum atomic E-state index is -4.83. The third kappa shape index (κ3) is 5.55. The van der Waals surface area contributed by atoms with E-state index in [0.717, 1.165) is 10.7 Å². The van der Waals surface area contributed by atoms with Gasteiger partial charge in [-0.05, 0) is 48.0 Å². The number of hydrogen-bond acceptors (Lipinski definition) is 7. The van der Waals surface area contributed by atoms with Crippen molar-refractivity contribution in [3.63, 3.8) is 0 Å². The predicted molar refractivity (Wildman–Crippen MR) is 128 cm³/mol. The van der Waals surface area contributed by atoms with Crippen LogP contribution in [-0.4, -0.2) is 48.8 Å². The first kappa shape index (κ1) is 27.2. The van der Waals surface area contributed by atoms with Crippen molar-refractivity contribution in [2.45, 2.75) is 19.6 Å². The maximum Gasteiger partial charge on any atom is 0.455 e. The van der Waals surface area contributed by atoms with Crippen molar-refractivity contribution in [3.8, 4) is 11.8 Å². The number of carbonyl (C=O) groups excluding carboxylic acids is 2. The van der Waals surface area contributed by atoms with Crippen LogP contribution in [0.2, 0.25) is 5.02 Å². The number of alkyl halides is 3. The summed E-state index contributed by atoms with van der Waals surface area (Å²) in [6.07, 6.45) is -4.83. The van der Waals surface area contributed by atoms with Crippen LogP contribution >= 0.6 is 11.6 Å². The number of nitrogens with one attached hydrogen (secondary N) is 2. The Kier molecular flexibility index (Phi) is 7.32. The number of halogens is 5. The largest absolute Gasteiger partial charge is 0.455 e. The molecule has 4 rings (SSSR count). The molecule has 2 aromatic carbocycles. The lowest BCUT2D eigenvalue weighted by molar-refractivity contribution is -0.145. The van der Waals surface area contributed by atoms with E-state index in [1.807, 2.05) is 6.07 Å². The molecule has 11 nitrogen and oxygen atoms in total. The molecule has 200 valence electrons. The summed E-state index contributed by atoms with van der Waals surface area (Å²) in [5, 5.41) is 27.9. The van der Waals surface area contributed by atoms with Gasteiger partial charge in [0.25, 0.3) is 17.6 Å². The van der Waals surface area contributed by atoms with E-state index in [2.05, 4.69) is 31.1 Å². The van der Waals surface area contributed by atoms with Crippen LogP contribution in [0.1, 0.15) is 43.5 Å². The molecule has 2 aromatic heterocycles. The summed E-state index contributed by atoms with van der Waals surface area (Å²) in [5.41, 5.74) is -0.00500. The molecule has 2 N–H and O–H groups in total. The number of tetrazole rings is 1. The Morgan fingerprint density at radius 3 is 2.51 bits per heavy atom. The van der Waals surface area contributed by atoms with E-state index in [1.54, 1.807) is 6.92 Å². The zero-order valence-corrected chi connectivity index (χ0v) is 20.8. The van der Waals surface area contributed by atoms with E-state index < -0.39 is 36.2 Å². The summed E-state index contributed by atoms with van der Waals surface area (Å²) in [5.74, 6) is -3.77. The van der Waals surface area contributed by atoms with Crippen molar-refractivity contribution >= 4 is 29.1 Å². The minimum absolute atomic E-state index is 0.0101. The number of aryl methyl sites for hydroxylation is 1. The smallest absolute Gasteiger partial charge is 0.355 e. The highest BCUT2D eigenvalue weighted by Crippen LogP contribution is 2.28. The Labute approximate surface area is 222 Å². The lowest BCUT2D eigenvalue weighted by Gasteiger charge is -2.15. The summed E-state index contributed by atoms with van der Waals surface area (Å²) < 4.78 is 54.3. The number of rotatable bonds is 6. The van der Waals surface area contributed by atoms with Gasteiger partial charge in [-0.1, -0.05) is 17.7 Å². The Balaban J connectivity index is 1.79. The Morgan fingerprint density at radius 2 is 1.90 bits per heavy atom. The fourth-order valence-corrected chi connectivity index (χ4v) is 3.85. The molecular weight excluding hydrogens is 546 g/mol. The fraction of sp³-hybridized carbons (Fsp3) is 0.174. The molecule has 0 aliphatic carbocycles. The van der Waals surface area contributed by atoms with Gasteiger partial charge in [0.1, 0.15) is 23.7 Å². The number of hydrogen-bond donors (Lipinski definition) is 2. The molecule has 0 atom stereocenters. The number of para-hydroxylation sites is 1. The number of anilines is 1. The maximum absolute atomic E-state index is 14.8. The molecule has 2 heterocycles. The molecule has 0 aliphatic heterocycles. The van der Waals surface area contributed by atoms with Gasteiger partial charge in [-0.15, -0.1) is 10.2 Å². The lowest BCUT2D eigenvalue weighted by atomic mass is 10.0. The fourth-order valence-electron chi connectivity index (χ4n) is 3.61. The third-order valence-corrected chi connectivity index (χ3v) is 5.63. The lowest BCUT2D eigenvalue weighted by Crippen LogP contribution is -2.24. The second-order valence-corrected chi connectivity index (χ2v) is 8.41. The molecule has 0 saturated heterocycles. The first-order valence-corrected chi connectivity index (χ1v) is 11.3. The number of nitrogens with zero attached hydrogens (tertiary/aromatic N) is 7. The van der Waals surface area contributed by atoms with Gasteiger partial charge >= 0.3 is 6.18 Å². The summed E-state index contributed by atoms with van der Waals surface area (Å²) in [6.45, 7) is 1.11. The Bertz CT molecular complexity index is 1620. The van der Waals surface area contributed by atoms with Crippen molar-refractivity contribution in [2.24, 2.45) is 0 Å². The van der Waals surface area contributed by atoms with Crippen LogP contribution in [0.5, 0.6) is 0 Å². The molecule has 0 bridgehead atoms. The molecular formula is C23H16ClF4N9O2. The van der Waals surface area contributed by atoms with Gasteiger partial charge in [-0.25, -0.2) is 9.07 Å².